The van der Waals surface area contributed by atoms with Gasteiger partial charge in [-0.3, -0.25) is 0 Å². The predicted molar refractivity (Wildman–Crippen MR) is 87.9 cm³/mol. The topological polar surface area (TPSA) is 93.4 Å². The van der Waals surface area contributed by atoms with Crippen molar-refractivity contribution in [3.63, 3.8) is 0 Å². The van der Waals surface area contributed by atoms with Crippen LogP contribution in [0.5, 0.6) is 0 Å². The molecular weight excluding hydrogens is 288 g/mol. The summed E-state index contributed by atoms with van der Waals surface area (Å²) >= 11 is 0. The van der Waals surface area contributed by atoms with Gasteiger partial charge >= 0.3 is 0 Å². The summed E-state index contributed by atoms with van der Waals surface area (Å²) in [6, 6.07) is 10.1. The number of nitriles is 1. The number of anilines is 1. The number of nitrogens with zero attached hydrogens (tertiary/aromatic N) is 5. The quantitative estimate of drug-likeness (QED) is 0.785. The molecule has 1 aromatic carbocycles. The largest absolute Gasteiger partial charge is 0.382 e. The zero-order valence-corrected chi connectivity index (χ0v) is 13.2. The summed E-state index contributed by atoms with van der Waals surface area (Å²) in [6.07, 6.45) is 1.41. The van der Waals surface area contributed by atoms with Gasteiger partial charge in [-0.25, -0.2) is 9.97 Å². The van der Waals surface area contributed by atoms with Crippen molar-refractivity contribution in [2.75, 3.05) is 5.73 Å². The second-order valence-electron chi connectivity index (χ2n) is 5.46. The van der Waals surface area contributed by atoms with E-state index in [1.54, 1.807) is 0 Å². The minimum atomic E-state index is 0.240. The van der Waals surface area contributed by atoms with Crippen molar-refractivity contribution >= 4 is 5.82 Å². The molecule has 0 atom stereocenters. The van der Waals surface area contributed by atoms with Crippen LogP contribution in [-0.2, 0) is 0 Å². The van der Waals surface area contributed by atoms with Crippen molar-refractivity contribution in [3.05, 3.63) is 52.8 Å². The lowest BCUT2D eigenvalue weighted by Crippen LogP contribution is -2.08. The molecule has 3 aromatic rings. The molecule has 0 spiro atoms. The SMILES string of the molecule is Cc1cc(-c2ccc(C)c(C)c2)nc(-n2ncc(C#N)c2N)n1. The number of benzene rings is 1. The summed E-state index contributed by atoms with van der Waals surface area (Å²) in [6.45, 7) is 6.03. The Kier molecular flexibility index (Phi) is 3.54. The molecule has 114 valence electrons. The van der Waals surface area contributed by atoms with Crippen LogP contribution in [0.25, 0.3) is 17.2 Å². The fraction of sp³-hybridized carbons (Fsp3) is 0.176. The van der Waals surface area contributed by atoms with Crippen LogP contribution in [0.2, 0.25) is 0 Å². The molecule has 0 saturated heterocycles. The van der Waals surface area contributed by atoms with Crippen LogP contribution in [0.3, 0.4) is 0 Å². The van der Waals surface area contributed by atoms with E-state index < -0.39 is 0 Å². The monoisotopic (exact) mass is 304 g/mol. The van der Waals surface area contributed by atoms with Gasteiger partial charge in [0.25, 0.3) is 5.95 Å². The number of nitrogens with two attached hydrogens (primary N) is 1. The second kappa shape index (κ2) is 5.54. The molecule has 0 fully saturated rings. The van der Waals surface area contributed by atoms with Crippen molar-refractivity contribution in [1.82, 2.24) is 19.7 Å². The highest BCUT2D eigenvalue weighted by Gasteiger charge is 2.13. The molecule has 2 aromatic heterocycles. The van der Waals surface area contributed by atoms with Crippen molar-refractivity contribution < 1.29 is 0 Å². The normalized spacial score (nSPS) is 10.5. The molecule has 6 heteroatoms. The number of nitrogen functional groups attached to an aromatic ring is 1. The summed E-state index contributed by atoms with van der Waals surface area (Å²) in [5, 5.41) is 13.1. The Morgan fingerprint density at radius 2 is 1.87 bits per heavy atom. The van der Waals surface area contributed by atoms with E-state index >= 15 is 0 Å². The molecule has 6 nitrogen and oxygen atoms in total. The van der Waals surface area contributed by atoms with Crippen molar-refractivity contribution in [2.24, 2.45) is 0 Å². The summed E-state index contributed by atoms with van der Waals surface area (Å²) in [5.74, 6) is 0.598. The van der Waals surface area contributed by atoms with E-state index in [0.717, 1.165) is 17.0 Å². The Morgan fingerprint density at radius 3 is 2.52 bits per heavy atom. The smallest absolute Gasteiger partial charge is 0.253 e. The first-order valence-corrected chi connectivity index (χ1v) is 7.17. The van der Waals surface area contributed by atoms with Gasteiger partial charge in [0, 0.05) is 11.3 Å². The fourth-order valence-electron chi connectivity index (χ4n) is 2.30. The number of aromatic nitrogens is 4. The Balaban J connectivity index is 2.14. The van der Waals surface area contributed by atoms with E-state index in [9.17, 15) is 0 Å². The Bertz CT molecular complexity index is 933. The average Bonchev–Trinajstić information content (AvgIpc) is 2.90. The molecule has 0 aliphatic heterocycles. The van der Waals surface area contributed by atoms with Gasteiger partial charge in [-0.1, -0.05) is 12.1 Å². The van der Waals surface area contributed by atoms with Gasteiger partial charge in [0.05, 0.1) is 11.9 Å². The van der Waals surface area contributed by atoms with E-state index in [1.165, 1.54) is 22.0 Å². The van der Waals surface area contributed by atoms with Gasteiger partial charge in [0.15, 0.2) is 0 Å². The highest BCUT2D eigenvalue weighted by Crippen LogP contribution is 2.23. The highest BCUT2D eigenvalue weighted by atomic mass is 15.4. The lowest BCUT2D eigenvalue weighted by Gasteiger charge is -2.09. The third-order valence-electron chi connectivity index (χ3n) is 3.76. The molecule has 0 amide bonds. The molecule has 2 N–H and O–H groups in total. The zero-order chi connectivity index (χ0) is 16.6. The molecular formula is C17H16N6. The fourth-order valence-corrected chi connectivity index (χ4v) is 2.30. The lowest BCUT2D eigenvalue weighted by molar-refractivity contribution is 0.812. The number of rotatable bonds is 2. The van der Waals surface area contributed by atoms with Gasteiger partial charge in [-0.05, 0) is 44.0 Å². The van der Waals surface area contributed by atoms with Crippen molar-refractivity contribution in [3.8, 4) is 23.3 Å². The van der Waals surface area contributed by atoms with Gasteiger partial charge < -0.3 is 5.73 Å². The van der Waals surface area contributed by atoms with E-state index in [1.807, 2.05) is 25.1 Å². The maximum absolute atomic E-state index is 9.00. The molecule has 0 aliphatic rings. The highest BCUT2D eigenvalue weighted by molar-refractivity contribution is 5.62. The van der Waals surface area contributed by atoms with E-state index in [0.29, 0.717) is 11.5 Å². The summed E-state index contributed by atoms with van der Waals surface area (Å²) in [4.78, 5) is 8.93. The number of hydrogen-bond acceptors (Lipinski definition) is 5. The molecule has 2 heterocycles. The first-order valence-electron chi connectivity index (χ1n) is 7.17. The standard InChI is InChI=1S/C17H16N6/c1-10-4-5-13(6-11(10)2)15-7-12(3)21-17(22-15)23-16(19)14(8-18)9-20-23/h4-7,9H,19H2,1-3H3. The van der Waals surface area contributed by atoms with E-state index in [-0.39, 0.29) is 5.82 Å². The van der Waals surface area contributed by atoms with Crippen LogP contribution < -0.4 is 5.73 Å². The third-order valence-corrected chi connectivity index (χ3v) is 3.76. The Morgan fingerprint density at radius 1 is 1.09 bits per heavy atom. The third kappa shape index (κ3) is 2.64. The summed E-state index contributed by atoms with van der Waals surface area (Å²) < 4.78 is 1.39. The Labute approximate surface area is 134 Å². The van der Waals surface area contributed by atoms with Gasteiger partial charge in [0.2, 0.25) is 0 Å². The van der Waals surface area contributed by atoms with Crippen molar-refractivity contribution in [1.29, 1.82) is 5.26 Å². The lowest BCUT2D eigenvalue weighted by atomic mass is 10.0. The van der Waals surface area contributed by atoms with Gasteiger partial charge in [0.1, 0.15) is 17.5 Å². The minimum absolute atomic E-state index is 0.240. The van der Waals surface area contributed by atoms with Crippen molar-refractivity contribution in [2.45, 2.75) is 20.8 Å². The van der Waals surface area contributed by atoms with Crippen LogP contribution in [-0.4, -0.2) is 19.7 Å². The van der Waals surface area contributed by atoms with E-state index in [2.05, 4.69) is 41.0 Å². The van der Waals surface area contributed by atoms with E-state index in [4.69, 9.17) is 11.0 Å². The molecule has 3 rings (SSSR count). The maximum Gasteiger partial charge on any atom is 0.253 e. The van der Waals surface area contributed by atoms with Crippen LogP contribution in [0.1, 0.15) is 22.4 Å². The predicted octanol–water partition coefficient (Wildman–Crippen LogP) is 2.71. The maximum atomic E-state index is 9.00. The van der Waals surface area contributed by atoms with Crippen LogP contribution in [0, 0.1) is 32.1 Å². The minimum Gasteiger partial charge on any atom is -0.382 e. The van der Waals surface area contributed by atoms with Gasteiger partial charge in [-0.15, -0.1) is 0 Å². The number of aryl methyl sites for hydroxylation is 3. The summed E-state index contributed by atoms with van der Waals surface area (Å²) in [7, 11) is 0. The van der Waals surface area contributed by atoms with Crippen LogP contribution >= 0.6 is 0 Å². The zero-order valence-electron chi connectivity index (χ0n) is 13.2. The van der Waals surface area contributed by atoms with Gasteiger partial charge in [-0.2, -0.15) is 15.0 Å². The van der Waals surface area contributed by atoms with Crippen LogP contribution in [0.4, 0.5) is 5.82 Å². The van der Waals surface area contributed by atoms with Crippen LogP contribution in [0.15, 0.2) is 30.5 Å². The molecule has 0 saturated carbocycles. The number of hydrogen-bond donors (Lipinski definition) is 1. The molecule has 0 bridgehead atoms. The molecule has 0 radical (unpaired) electrons. The first-order chi connectivity index (χ1) is 11.0. The average molecular weight is 304 g/mol. The molecule has 23 heavy (non-hydrogen) atoms. The molecule has 0 aliphatic carbocycles. The Hall–Kier alpha value is -3.20. The molecule has 0 unspecified atom stereocenters. The first kappa shape index (κ1) is 14.7. The summed E-state index contributed by atoms with van der Waals surface area (Å²) in [5.41, 5.74) is 11.3. The second-order valence-corrected chi connectivity index (χ2v) is 5.46.